The number of benzene rings is 2. The molecule has 3 rings (SSSR count). The Bertz CT molecular complexity index is 939. The molecule has 0 aliphatic carbocycles. The number of anilines is 1. The molecule has 0 bridgehead atoms. The van der Waals surface area contributed by atoms with Crippen LogP contribution in [0.25, 0.3) is 11.3 Å². The zero-order valence-electron chi connectivity index (χ0n) is 12.9. The van der Waals surface area contributed by atoms with Crippen LogP contribution in [0, 0.1) is 0 Å². The highest BCUT2D eigenvalue weighted by Crippen LogP contribution is 2.33. The molecule has 0 unspecified atom stereocenters. The maximum absolute atomic E-state index is 6.23. The van der Waals surface area contributed by atoms with Gasteiger partial charge in [-0.1, -0.05) is 68.9 Å². The second-order valence-corrected chi connectivity index (χ2v) is 8.01. The zero-order chi connectivity index (χ0) is 18.0. The highest BCUT2D eigenvalue weighted by atomic mass is 79.9. The van der Waals surface area contributed by atoms with Crippen molar-refractivity contribution in [3.8, 4) is 11.3 Å². The SMILES string of the molecule is C/C(=N\Nc1nc(-c2ccc(Br)cc2)cs1)c1ccc(Cl)c(Cl)c1Cl. The minimum atomic E-state index is 0.321. The minimum absolute atomic E-state index is 0.321. The maximum Gasteiger partial charge on any atom is 0.203 e. The van der Waals surface area contributed by atoms with Crippen LogP contribution in [0.2, 0.25) is 15.1 Å². The quantitative estimate of drug-likeness (QED) is 0.243. The van der Waals surface area contributed by atoms with Crippen molar-refractivity contribution in [3.63, 3.8) is 0 Å². The molecule has 0 fully saturated rings. The van der Waals surface area contributed by atoms with E-state index in [1.807, 2.05) is 36.6 Å². The van der Waals surface area contributed by atoms with Crippen molar-refractivity contribution >= 4 is 72.9 Å². The first kappa shape index (κ1) is 18.7. The van der Waals surface area contributed by atoms with Gasteiger partial charge in [0.2, 0.25) is 5.13 Å². The van der Waals surface area contributed by atoms with Crippen LogP contribution < -0.4 is 5.43 Å². The highest BCUT2D eigenvalue weighted by Gasteiger charge is 2.11. The fraction of sp³-hybridized carbons (Fsp3) is 0.0588. The summed E-state index contributed by atoms with van der Waals surface area (Å²) in [5, 5.41) is 8.12. The van der Waals surface area contributed by atoms with E-state index in [2.05, 4.69) is 31.4 Å². The van der Waals surface area contributed by atoms with Crippen LogP contribution in [-0.4, -0.2) is 10.7 Å². The van der Waals surface area contributed by atoms with Crippen molar-refractivity contribution in [3.05, 3.63) is 66.9 Å². The lowest BCUT2D eigenvalue weighted by atomic mass is 10.1. The van der Waals surface area contributed by atoms with E-state index < -0.39 is 0 Å². The Labute approximate surface area is 172 Å². The molecule has 0 amide bonds. The number of hydrazone groups is 1. The van der Waals surface area contributed by atoms with Gasteiger partial charge in [-0.15, -0.1) is 11.3 Å². The summed E-state index contributed by atoms with van der Waals surface area (Å²) in [6.45, 7) is 1.84. The standard InChI is InChI=1S/C17H11BrCl3N3S/c1-9(12-6-7-13(19)16(21)15(12)20)23-24-17-22-14(8-25-17)10-2-4-11(18)5-3-10/h2-8H,1H3,(H,22,24)/b23-9+. The van der Waals surface area contributed by atoms with Crippen molar-refractivity contribution in [1.29, 1.82) is 0 Å². The molecule has 0 radical (unpaired) electrons. The third kappa shape index (κ3) is 4.36. The predicted molar refractivity (Wildman–Crippen MR) is 113 cm³/mol. The number of aromatic nitrogens is 1. The van der Waals surface area contributed by atoms with E-state index in [0.29, 0.717) is 31.5 Å². The van der Waals surface area contributed by atoms with E-state index in [1.54, 1.807) is 12.1 Å². The van der Waals surface area contributed by atoms with Crippen LogP contribution in [0.4, 0.5) is 5.13 Å². The molecular formula is C17H11BrCl3N3S. The molecule has 0 saturated carbocycles. The molecule has 1 N–H and O–H groups in total. The third-order valence-electron chi connectivity index (χ3n) is 3.39. The van der Waals surface area contributed by atoms with Crippen molar-refractivity contribution in [2.75, 3.05) is 5.43 Å². The number of nitrogens with zero attached hydrogens (tertiary/aromatic N) is 2. The molecule has 2 aromatic carbocycles. The first-order valence-corrected chi connectivity index (χ1v) is 9.92. The number of thiazole rings is 1. The van der Waals surface area contributed by atoms with E-state index in [0.717, 1.165) is 15.7 Å². The molecule has 25 heavy (non-hydrogen) atoms. The fourth-order valence-electron chi connectivity index (χ4n) is 2.08. The molecule has 1 heterocycles. The van der Waals surface area contributed by atoms with Crippen LogP contribution >= 0.6 is 62.1 Å². The Hall–Kier alpha value is -1.11. The highest BCUT2D eigenvalue weighted by molar-refractivity contribution is 9.10. The Morgan fingerprint density at radius 2 is 1.80 bits per heavy atom. The Kier molecular flexibility index (Phi) is 6.02. The minimum Gasteiger partial charge on any atom is -0.252 e. The van der Waals surface area contributed by atoms with Crippen LogP contribution in [-0.2, 0) is 0 Å². The predicted octanol–water partition coefficient (Wildman–Crippen LogP) is 7.37. The van der Waals surface area contributed by atoms with E-state index in [9.17, 15) is 0 Å². The summed E-state index contributed by atoms with van der Waals surface area (Å²) in [7, 11) is 0. The Balaban J connectivity index is 1.78. The maximum atomic E-state index is 6.23. The largest absolute Gasteiger partial charge is 0.252 e. The average molecular weight is 476 g/mol. The van der Waals surface area contributed by atoms with Crippen LogP contribution in [0.1, 0.15) is 12.5 Å². The number of nitrogens with one attached hydrogen (secondary N) is 1. The van der Waals surface area contributed by atoms with Crippen molar-refractivity contribution < 1.29 is 0 Å². The molecule has 0 aliphatic heterocycles. The van der Waals surface area contributed by atoms with E-state index in [-0.39, 0.29) is 0 Å². The van der Waals surface area contributed by atoms with Gasteiger partial charge in [-0.25, -0.2) is 4.98 Å². The number of rotatable bonds is 4. The summed E-state index contributed by atoms with van der Waals surface area (Å²) in [6.07, 6.45) is 0. The van der Waals surface area contributed by atoms with Gasteiger partial charge in [0.25, 0.3) is 0 Å². The third-order valence-corrected chi connectivity index (χ3v) is 5.96. The fourth-order valence-corrected chi connectivity index (χ4v) is 3.67. The van der Waals surface area contributed by atoms with Gasteiger partial charge in [-0.2, -0.15) is 5.10 Å². The number of hydrogen-bond donors (Lipinski definition) is 1. The Morgan fingerprint density at radius 1 is 1.08 bits per heavy atom. The van der Waals surface area contributed by atoms with E-state index in [1.165, 1.54) is 11.3 Å². The van der Waals surface area contributed by atoms with E-state index >= 15 is 0 Å². The van der Waals surface area contributed by atoms with Gasteiger partial charge < -0.3 is 0 Å². The van der Waals surface area contributed by atoms with Gasteiger partial charge in [0, 0.05) is 21.0 Å². The Morgan fingerprint density at radius 3 is 2.52 bits per heavy atom. The topological polar surface area (TPSA) is 37.3 Å². The van der Waals surface area contributed by atoms with Gasteiger partial charge in [-0.3, -0.25) is 5.43 Å². The normalized spacial score (nSPS) is 11.6. The molecule has 0 aliphatic rings. The monoisotopic (exact) mass is 473 g/mol. The molecule has 3 aromatic rings. The molecule has 8 heteroatoms. The van der Waals surface area contributed by atoms with Crippen molar-refractivity contribution in [2.24, 2.45) is 5.10 Å². The van der Waals surface area contributed by atoms with Crippen LogP contribution in [0.15, 0.2) is 51.4 Å². The van der Waals surface area contributed by atoms with Gasteiger partial charge >= 0.3 is 0 Å². The van der Waals surface area contributed by atoms with Crippen molar-refractivity contribution in [1.82, 2.24) is 4.98 Å². The summed E-state index contributed by atoms with van der Waals surface area (Å²) in [5.41, 5.74) is 6.29. The lowest BCUT2D eigenvalue weighted by Crippen LogP contribution is -2.01. The number of halogens is 4. The molecule has 0 atom stereocenters. The zero-order valence-corrected chi connectivity index (χ0v) is 17.5. The first-order chi connectivity index (χ1) is 12.0. The van der Waals surface area contributed by atoms with Crippen LogP contribution in [0.3, 0.4) is 0 Å². The molecule has 1 aromatic heterocycles. The summed E-state index contributed by atoms with van der Waals surface area (Å²) >= 11 is 23.2. The van der Waals surface area contributed by atoms with E-state index in [4.69, 9.17) is 34.8 Å². The second kappa shape index (κ2) is 8.06. The van der Waals surface area contributed by atoms with Gasteiger partial charge in [0.1, 0.15) is 0 Å². The van der Waals surface area contributed by atoms with Gasteiger partial charge in [0.15, 0.2) is 0 Å². The molecule has 128 valence electrons. The lowest BCUT2D eigenvalue weighted by Gasteiger charge is -2.07. The van der Waals surface area contributed by atoms with Crippen LogP contribution in [0.5, 0.6) is 0 Å². The van der Waals surface area contributed by atoms with Gasteiger partial charge in [-0.05, 0) is 25.1 Å². The summed E-state index contributed by atoms with van der Waals surface area (Å²) in [5.74, 6) is 0. The summed E-state index contributed by atoms with van der Waals surface area (Å²) < 4.78 is 1.03. The molecule has 0 saturated heterocycles. The second-order valence-electron chi connectivity index (χ2n) is 5.08. The smallest absolute Gasteiger partial charge is 0.203 e. The molecule has 3 nitrogen and oxygen atoms in total. The lowest BCUT2D eigenvalue weighted by molar-refractivity contribution is 1.27. The average Bonchev–Trinajstić information content (AvgIpc) is 3.07. The first-order valence-electron chi connectivity index (χ1n) is 7.11. The summed E-state index contributed by atoms with van der Waals surface area (Å²) in [4.78, 5) is 4.53. The van der Waals surface area contributed by atoms with Crippen molar-refractivity contribution in [2.45, 2.75) is 6.92 Å². The molecule has 0 spiro atoms. The molecular weight excluding hydrogens is 465 g/mol. The summed E-state index contributed by atoms with van der Waals surface area (Å²) in [6, 6.07) is 11.5. The number of hydrogen-bond acceptors (Lipinski definition) is 4. The van der Waals surface area contributed by atoms with Gasteiger partial charge in [0.05, 0.1) is 26.5 Å².